The van der Waals surface area contributed by atoms with E-state index >= 15 is 0 Å². The third-order valence-corrected chi connectivity index (χ3v) is 4.00. The molecule has 1 aromatic carbocycles. The minimum absolute atomic E-state index is 0.176. The topological polar surface area (TPSA) is 92.6 Å². The van der Waals surface area contributed by atoms with E-state index in [-0.39, 0.29) is 17.8 Å². The first kappa shape index (κ1) is 15.3. The van der Waals surface area contributed by atoms with Crippen LogP contribution in [0.4, 0.5) is 0 Å². The predicted molar refractivity (Wildman–Crippen MR) is 82.1 cm³/mol. The number of hydrogen-bond donors (Lipinski definition) is 1. The van der Waals surface area contributed by atoms with Crippen LogP contribution < -0.4 is 5.76 Å². The van der Waals surface area contributed by atoms with Gasteiger partial charge in [-0.25, -0.2) is 4.79 Å². The molecule has 7 heteroatoms. The Labute approximate surface area is 132 Å². The standard InChI is InChI=1S/C16H18N2O5/c1-2-22-15(20)11-4-3-7-18(9-11)14(19)10-5-6-12-13(8-10)23-16(21)17-12/h5-6,8,11H,2-4,7,9H2,1H3,(H,17,21). The largest absolute Gasteiger partial charge is 0.466 e. The molecule has 1 unspecified atom stereocenters. The molecule has 1 amide bonds. The number of nitrogens with zero attached hydrogens (tertiary/aromatic N) is 1. The van der Waals surface area contributed by atoms with E-state index in [4.69, 9.17) is 9.15 Å². The summed E-state index contributed by atoms with van der Waals surface area (Å²) in [7, 11) is 0. The summed E-state index contributed by atoms with van der Waals surface area (Å²) in [4.78, 5) is 39.9. The minimum atomic E-state index is -0.551. The first-order valence-electron chi connectivity index (χ1n) is 7.67. The fourth-order valence-corrected chi connectivity index (χ4v) is 2.88. The first-order valence-corrected chi connectivity index (χ1v) is 7.67. The van der Waals surface area contributed by atoms with Gasteiger partial charge in [-0.2, -0.15) is 0 Å². The fourth-order valence-electron chi connectivity index (χ4n) is 2.88. The van der Waals surface area contributed by atoms with Crippen molar-refractivity contribution in [3.8, 4) is 0 Å². The number of carbonyl (C=O) groups excluding carboxylic acids is 2. The van der Waals surface area contributed by atoms with Crippen molar-refractivity contribution in [3.05, 3.63) is 34.3 Å². The van der Waals surface area contributed by atoms with Gasteiger partial charge in [0.25, 0.3) is 5.91 Å². The number of ether oxygens (including phenoxy) is 1. The lowest BCUT2D eigenvalue weighted by Gasteiger charge is -2.31. The molecule has 7 nitrogen and oxygen atoms in total. The van der Waals surface area contributed by atoms with Gasteiger partial charge in [-0.05, 0) is 38.0 Å². The van der Waals surface area contributed by atoms with E-state index in [1.54, 1.807) is 30.0 Å². The fraction of sp³-hybridized carbons (Fsp3) is 0.438. The number of nitrogens with one attached hydrogen (secondary N) is 1. The van der Waals surface area contributed by atoms with Gasteiger partial charge in [0, 0.05) is 18.7 Å². The molecule has 1 atom stereocenters. The molecule has 122 valence electrons. The van der Waals surface area contributed by atoms with Crippen LogP contribution in [-0.4, -0.2) is 41.5 Å². The van der Waals surface area contributed by atoms with E-state index in [1.807, 2.05) is 0 Å². The van der Waals surface area contributed by atoms with Crippen LogP contribution in [0.2, 0.25) is 0 Å². The maximum absolute atomic E-state index is 12.6. The van der Waals surface area contributed by atoms with E-state index in [0.717, 1.165) is 12.8 Å². The number of rotatable bonds is 3. The normalized spacial score (nSPS) is 18.1. The highest BCUT2D eigenvalue weighted by Crippen LogP contribution is 2.21. The van der Waals surface area contributed by atoms with E-state index in [2.05, 4.69) is 4.98 Å². The zero-order valence-corrected chi connectivity index (χ0v) is 12.8. The Morgan fingerprint density at radius 2 is 2.26 bits per heavy atom. The third-order valence-electron chi connectivity index (χ3n) is 4.00. The number of amides is 1. The van der Waals surface area contributed by atoms with Crippen LogP contribution in [0.25, 0.3) is 11.1 Å². The maximum Gasteiger partial charge on any atom is 0.417 e. The molecule has 1 fully saturated rings. The minimum Gasteiger partial charge on any atom is -0.466 e. The van der Waals surface area contributed by atoms with E-state index in [0.29, 0.717) is 36.4 Å². The Morgan fingerprint density at radius 3 is 3.04 bits per heavy atom. The van der Waals surface area contributed by atoms with Gasteiger partial charge in [0.2, 0.25) is 0 Å². The number of benzene rings is 1. The maximum atomic E-state index is 12.6. The van der Waals surface area contributed by atoms with Crippen molar-refractivity contribution in [1.29, 1.82) is 0 Å². The Hall–Kier alpha value is -2.57. The van der Waals surface area contributed by atoms with E-state index in [1.165, 1.54) is 0 Å². The van der Waals surface area contributed by atoms with Crippen LogP contribution in [0.5, 0.6) is 0 Å². The van der Waals surface area contributed by atoms with Gasteiger partial charge in [0.15, 0.2) is 5.58 Å². The summed E-state index contributed by atoms with van der Waals surface area (Å²) < 4.78 is 10.0. The Morgan fingerprint density at radius 1 is 1.43 bits per heavy atom. The van der Waals surface area contributed by atoms with Crippen molar-refractivity contribution in [2.75, 3.05) is 19.7 Å². The highest BCUT2D eigenvalue weighted by molar-refractivity contribution is 5.97. The lowest BCUT2D eigenvalue weighted by molar-refractivity contribution is -0.149. The molecule has 2 aromatic rings. The van der Waals surface area contributed by atoms with Crippen LogP contribution in [0.1, 0.15) is 30.1 Å². The second-order valence-electron chi connectivity index (χ2n) is 5.57. The first-order chi connectivity index (χ1) is 11.1. The van der Waals surface area contributed by atoms with Gasteiger partial charge < -0.3 is 14.1 Å². The molecule has 2 heterocycles. The second-order valence-corrected chi connectivity index (χ2v) is 5.57. The lowest BCUT2D eigenvalue weighted by Crippen LogP contribution is -2.42. The van der Waals surface area contributed by atoms with Gasteiger partial charge in [0.05, 0.1) is 18.0 Å². The van der Waals surface area contributed by atoms with Crippen LogP contribution in [0, 0.1) is 5.92 Å². The number of fused-ring (bicyclic) bond motifs is 1. The number of likely N-dealkylation sites (tertiary alicyclic amines) is 1. The Kier molecular flexibility index (Phi) is 4.18. The number of aromatic nitrogens is 1. The van der Waals surface area contributed by atoms with Crippen molar-refractivity contribution in [3.63, 3.8) is 0 Å². The highest BCUT2D eigenvalue weighted by atomic mass is 16.5. The zero-order chi connectivity index (χ0) is 16.4. The van der Waals surface area contributed by atoms with Gasteiger partial charge in [0.1, 0.15) is 0 Å². The van der Waals surface area contributed by atoms with Crippen molar-refractivity contribution in [1.82, 2.24) is 9.88 Å². The molecule has 0 bridgehead atoms. The van der Waals surface area contributed by atoms with Crippen LogP contribution in [0.15, 0.2) is 27.4 Å². The number of H-pyrrole nitrogens is 1. The Bertz CT molecular complexity index is 791. The second kappa shape index (κ2) is 6.28. The van der Waals surface area contributed by atoms with Crippen molar-refractivity contribution in [2.45, 2.75) is 19.8 Å². The summed E-state index contributed by atoms with van der Waals surface area (Å²) in [5.74, 6) is -1.26. The quantitative estimate of drug-likeness (QED) is 0.867. The van der Waals surface area contributed by atoms with Crippen LogP contribution >= 0.6 is 0 Å². The number of carbonyl (C=O) groups is 2. The molecular formula is C16H18N2O5. The van der Waals surface area contributed by atoms with Gasteiger partial charge in [-0.3, -0.25) is 14.6 Å². The Balaban J connectivity index is 1.77. The summed E-state index contributed by atoms with van der Waals surface area (Å²) in [5, 5.41) is 0. The summed E-state index contributed by atoms with van der Waals surface area (Å²) in [6.07, 6.45) is 1.49. The van der Waals surface area contributed by atoms with Crippen LogP contribution in [-0.2, 0) is 9.53 Å². The smallest absolute Gasteiger partial charge is 0.417 e. The molecule has 23 heavy (non-hydrogen) atoms. The average Bonchev–Trinajstić information content (AvgIpc) is 2.93. The van der Waals surface area contributed by atoms with Crippen molar-refractivity contribution in [2.24, 2.45) is 5.92 Å². The number of aromatic amines is 1. The van der Waals surface area contributed by atoms with Gasteiger partial charge in [-0.1, -0.05) is 0 Å². The van der Waals surface area contributed by atoms with E-state index < -0.39 is 5.76 Å². The SMILES string of the molecule is CCOC(=O)C1CCCN(C(=O)c2ccc3[nH]c(=O)oc3c2)C1. The molecule has 1 aliphatic heterocycles. The molecule has 0 radical (unpaired) electrons. The summed E-state index contributed by atoms with van der Waals surface area (Å²) in [6.45, 7) is 3.06. The van der Waals surface area contributed by atoms with Crippen molar-refractivity contribution < 1.29 is 18.7 Å². The molecule has 0 aliphatic carbocycles. The monoisotopic (exact) mass is 318 g/mol. The molecular weight excluding hydrogens is 300 g/mol. The van der Waals surface area contributed by atoms with Gasteiger partial charge >= 0.3 is 11.7 Å². The summed E-state index contributed by atoms with van der Waals surface area (Å²) >= 11 is 0. The number of oxazole rings is 1. The van der Waals surface area contributed by atoms with Gasteiger partial charge in [-0.15, -0.1) is 0 Å². The third kappa shape index (κ3) is 3.13. The lowest BCUT2D eigenvalue weighted by atomic mass is 9.97. The molecule has 1 aromatic heterocycles. The zero-order valence-electron chi connectivity index (χ0n) is 12.8. The molecule has 1 N–H and O–H groups in total. The number of esters is 1. The molecule has 0 saturated carbocycles. The molecule has 1 saturated heterocycles. The summed E-state index contributed by atoms with van der Waals surface area (Å²) in [6, 6.07) is 4.83. The molecule has 1 aliphatic rings. The van der Waals surface area contributed by atoms with Crippen molar-refractivity contribution >= 4 is 23.0 Å². The number of hydrogen-bond acceptors (Lipinski definition) is 5. The number of piperidine rings is 1. The van der Waals surface area contributed by atoms with Crippen LogP contribution in [0.3, 0.4) is 0 Å². The average molecular weight is 318 g/mol. The summed E-state index contributed by atoms with van der Waals surface area (Å²) in [5.41, 5.74) is 1.33. The highest BCUT2D eigenvalue weighted by Gasteiger charge is 2.29. The van der Waals surface area contributed by atoms with E-state index in [9.17, 15) is 14.4 Å². The predicted octanol–water partition coefficient (Wildman–Crippen LogP) is 1.54. The molecule has 0 spiro atoms. The molecule has 3 rings (SSSR count).